The Balaban J connectivity index is 2.72. The van der Waals surface area contributed by atoms with Crippen molar-refractivity contribution in [2.45, 2.75) is 33.1 Å². The van der Waals surface area contributed by atoms with Gasteiger partial charge in [-0.2, -0.15) is 0 Å². The number of carboxylic acids is 1. The third-order valence-corrected chi connectivity index (χ3v) is 3.81. The zero-order valence-electron chi connectivity index (χ0n) is 10.6. The fourth-order valence-corrected chi connectivity index (χ4v) is 2.13. The number of hydrogen-bond acceptors (Lipinski definition) is 3. The molecule has 1 saturated heterocycles. The molecule has 17 heavy (non-hydrogen) atoms. The van der Waals surface area contributed by atoms with Crippen LogP contribution in [0.3, 0.4) is 0 Å². The van der Waals surface area contributed by atoms with Crippen molar-refractivity contribution in [1.29, 1.82) is 0 Å². The van der Waals surface area contributed by atoms with E-state index in [1.807, 2.05) is 13.8 Å². The molecule has 0 radical (unpaired) electrons. The molecule has 1 aliphatic rings. The minimum Gasteiger partial charge on any atom is -0.481 e. The number of rotatable bonds is 4. The molecule has 5 heteroatoms. The number of amides is 1. The van der Waals surface area contributed by atoms with Gasteiger partial charge in [0, 0.05) is 19.6 Å². The van der Waals surface area contributed by atoms with Gasteiger partial charge in [0.2, 0.25) is 5.91 Å². The fraction of sp³-hybridized carbons (Fsp3) is 0.833. The van der Waals surface area contributed by atoms with Crippen LogP contribution >= 0.6 is 0 Å². The fourth-order valence-electron chi connectivity index (χ4n) is 2.13. The van der Waals surface area contributed by atoms with Gasteiger partial charge in [0.1, 0.15) is 0 Å². The van der Waals surface area contributed by atoms with E-state index in [-0.39, 0.29) is 5.91 Å². The number of likely N-dealkylation sites (tertiary alicyclic amines) is 1. The summed E-state index contributed by atoms with van der Waals surface area (Å²) in [5.74, 6) is -1.24. The van der Waals surface area contributed by atoms with Crippen LogP contribution in [0.5, 0.6) is 0 Å². The number of nitrogens with two attached hydrogens (primary N) is 1. The smallest absolute Gasteiger partial charge is 0.308 e. The number of carbonyl (C=O) groups is 2. The minimum atomic E-state index is -0.812. The summed E-state index contributed by atoms with van der Waals surface area (Å²) in [5, 5.41) is 8.99. The van der Waals surface area contributed by atoms with Crippen molar-refractivity contribution in [2.75, 3.05) is 19.6 Å². The number of aliphatic carboxylic acids is 1. The van der Waals surface area contributed by atoms with E-state index in [9.17, 15) is 9.59 Å². The van der Waals surface area contributed by atoms with Gasteiger partial charge in [-0.3, -0.25) is 9.59 Å². The Morgan fingerprint density at radius 3 is 2.65 bits per heavy atom. The summed E-state index contributed by atoms with van der Waals surface area (Å²) in [7, 11) is 0. The SMILES string of the molecule is CCC(C)(CN)C(=O)N1CCC[C@H](C(=O)O)C1. The van der Waals surface area contributed by atoms with Gasteiger partial charge in [0.15, 0.2) is 0 Å². The maximum Gasteiger partial charge on any atom is 0.308 e. The first kappa shape index (κ1) is 14.0. The number of carboxylic acid groups (broad SMARTS) is 1. The Morgan fingerprint density at radius 2 is 2.18 bits per heavy atom. The molecule has 1 fully saturated rings. The highest BCUT2D eigenvalue weighted by atomic mass is 16.4. The molecule has 98 valence electrons. The van der Waals surface area contributed by atoms with Crippen molar-refractivity contribution in [3.05, 3.63) is 0 Å². The second-order valence-electron chi connectivity index (χ2n) is 5.05. The van der Waals surface area contributed by atoms with Gasteiger partial charge in [-0.15, -0.1) is 0 Å². The normalized spacial score (nSPS) is 24.2. The Kier molecular flexibility index (Phi) is 4.51. The van der Waals surface area contributed by atoms with Crippen LogP contribution < -0.4 is 5.73 Å². The molecule has 1 heterocycles. The molecule has 0 aliphatic carbocycles. The molecule has 0 aromatic carbocycles. The highest BCUT2D eigenvalue weighted by Crippen LogP contribution is 2.26. The average molecular weight is 242 g/mol. The van der Waals surface area contributed by atoms with Crippen LogP contribution in [0.15, 0.2) is 0 Å². The Labute approximate surface area is 102 Å². The lowest BCUT2D eigenvalue weighted by atomic mass is 9.84. The summed E-state index contributed by atoms with van der Waals surface area (Å²) < 4.78 is 0. The number of nitrogens with zero attached hydrogens (tertiary/aromatic N) is 1. The third kappa shape index (κ3) is 2.97. The van der Waals surface area contributed by atoms with Crippen LogP contribution in [0.25, 0.3) is 0 Å². The molecule has 3 N–H and O–H groups in total. The quantitative estimate of drug-likeness (QED) is 0.759. The monoisotopic (exact) mass is 242 g/mol. The minimum absolute atomic E-state index is 0.00606. The predicted molar refractivity (Wildman–Crippen MR) is 64.4 cm³/mol. The molecule has 2 atom stereocenters. The first-order valence-corrected chi connectivity index (χ1v) is 6.17. The molecular formula is C12H22N2O3. The molecule has 0 spiro atoms. The van der Waals surface area contributed by atoms with Crippen molar-refractivity contribution >= 4 is 11.9 Å². The van der Waals surface area contributed by atoms with E-state index in [1.165, 1.54) is 0 Å². The van der Waals surface area contributed by atoms with Gasteiger partial charge >= 0.3 is 5.97 Å². The van der Waals surface area contributed by atoms with Gasteiger partial charge in [-0.25, -0.2) is 0 Å². The molecule has 0 saturated carbocycles. The van der Waals surface area contributed by atoms with E-state index in [1.54, 1.807) is 4.90 Å². The van der Waals surface area contributed by atoms with E-state index in [0.29, 0.717) is 32.5 Å². The van der Waals surface area contributed by atoms with Gasteiger partial charge in [-0.1, -0.05) is 6.92 Å². The standard InChI is InChI=1S/C12H22N2O3/c1-3-12(2,8-13)11(17)14-6-4-5-9(7-14)10(15)16/h9H,3-8,13H2,1-2H3,(H,15,16)/t9-,12?/m0/s1. The zero-order valence-corrected chi connectivity index (χ0v) is 10.6. The summed E-state index contributed by atoms with van der Waals surface area (Å²) in [4.78, 5) is 24.9. The third-order valence-electron chi connectivity index (χ3n) is 3.81. The van der Waals surface area contributed by atoms with Gasteiger partial charge in [0.05, 0.1) is 11.3 Å². The van der Waals surface area contributed by atoms with Crippen LogP contribution in [0.2, 0.25) is 0 Å². The second kappa shape index (κ2) is 5.49. The highest BCUT2D eigenvalue weighted by molar-refractivity contribution is 5.83. The van der Waals surface area contributed by atoms with Gasteiger partial charge < -0.3 is 15.7 Å². The number of piperidine rings is 1. The average Bonchev–Trinajstić information content (AvgIpc) is 2.37. The van der Waals surface area contributed by atoms with Crippen LogP contribution in [0.4, 0.5) is 0 Å². The second-order valence-corrected chi connectivity index (χ2v) is 5.05. The molecule has 1 amide bonds. The van der Waals surface area contributed by atoms with Crippen molar-refractivity contribution < 1.29 is 14.7 Å². The Morgan fingerprint density at radius 1 is 1.53 bits per heavy atom. The van der Waals surface area contributed by atoms with E-state index in [2.05, 4.69) is 0 Å². The summed E-state index contributed by atoms with van der Waals surface area (Å²) in [6.45, 7) is 5.06. The molecule has 0 bridgehead atoms. The lowest BCUT2D eigenvalue weighted by molar-refractivity contribution is -0.149. The molecule has 1 rings (SSSR count). The molecule has 0 aromatic heterocycles. The topological polar surface area (TPSA) is 83.6 Å². The maximum absolute atomic E-state index is 12.3. The number of carbonyl (C=O) groups excluding carboxylic acids is 1. The van der Waals surface area contributed by atoms with E-state index < -0.39 is 17.3 Å². The van der Waals surface area contributed by atoms with Gasteiger partial charge in [-0.05, 0) is 26.2 Å². The van der Waals surface area contributed by atoms with E-state index in [4.69, 9.17) is 10.8 Å². The van der Waals surface area contributed by atoms with E-state index >= 15 is 0 Å². The first-order chi connectivity index (χ1) is 7.94. The van der Waals surface area contributed by atoms with Gasteiger partial charge in [0.25, 0.3) is 0 Å². The highest BCUT2D eigenvalue weighted by Gasteiger charge is 2.37. The summed E-state index contributed by atoms with van der Waals surface area (Å²) >= 11 is 0. The summed E-state index contributed by atoms with van der Waals surface area (Å²) in [5.41, 5.74) is 5.10. The van der Waals surface area contributed by atoms with Crippen LogP contribution in [0.1, 0.15) is 33.1 Å². The van der Waals surface area contributed by atoms with E-state index in [0.717, 1.165) is 6.42 Å². The lowest BCUT2D eigenvalue weighted by Gasteiger charge is -2.37. The first-order valence-electron chi connectivity index (χ1n) is 6.17. The van der Waals surface area contributed by atoms with Crippen LogP contribution in [-0.4, -0.2) is 41.5 Å². The Hall–Kier alpha value is -1.10. The molecule has 5 nitrogen and oxygen atoms in total. The predicted octanol–water partition coefficient (Wildman–Crippen LogP) is 0.685. The lowest BCUT2D eigenvalue weighted by Crippen LogP contribution is -2.50. The summed E-state index contributed by atoms with van der Waals surface area (Å²) in [6, 6.07) is 0. The van der Waals surface area contributed by atoms with Crippen molar-refractivity contribution in [1.82, 2.24) is 4.90 Å². The summed E-state index contributed by atoms with van der Waals surface area (Å²) in [6.07, 6.45) is 2.09. The molecule has 1 aliphatic heterocycles. The molecule has 1 unspecified atom stereocenters. The maximum atomic E-state index is 12.3. The van der Waals surface area contributed by atoms with Crippen molar-refractivity contribution in [3.63, 3.8) is 0 Å². The van der Waals surface area contributed by atoms with Crippen LogP contribution in [-0.2, 0) is 9.59 Å². The van der Waals surface area contributed by atoms with Crippen LogP contribution in [0, 0.1) is 11.3 Å². The largest absolute Gasteiger partial charge is 0.481 e. The Bertz CT molecular complexity index is 300. The van der Waals surface area contributed by atoms with Crippen molar-refractivity contribution in [2.24, 2.45) is 17.1 Å². The molecular weight excluding hydrogens is 220 g/mol. The number of hydrogen-bond donors (Lipinski definition) is 2. The zero-order chi connectivity index (χ0) is 13.1. The van der Waals surface area contributed by atoms with Crippen molar-refractivity contribution in [3.8, 4) is 0 Å². The molecule has 0 aromatic rings.